The molecule has 1 aromatic rings. The highest BCUT2D eigenvalue weighted by Crippen LogP contribution is 2.31. The first-order valence-corrected chi connectivity index (χ1v) is 5.46. The third-order valence-electron chi connectivity index (χ3n) is 2.86. The third kappa shape index (κ3) is 2.15. The van der Waals surface area contributed by atoms with Gasteiger partial charge in [0.25, 0.3) is 5.91 Å². The minimum Gasteiger partial charge on any atom is -0.394 e. The van der Waals surface area contributed by atoms with Gasteiger partial charge in [-0.1, -0.05) is 11.6 Å². The molecular weight excluding hydrogens is 230 g/mol. The molecule has 1 amide bonds. The highest BCUT2D eigenvalue weighted by Gasteiger charge is 2.38. The number of hydrogen-bond acceptors (Lipinski definition) is 4. The zero-order chi connectivity index (χ0) is 11.6. The van der Waals surface area contributed by atoms with Crippen molar-refractivity contribution < 1.29 is 9.90 Å². The molecule has 0 saturated heterocycles. The van der Waals surface area contributed by atoms with Crippen molar-refractivity contribution in [3.63, 3.8) is 0 Å². The van der Waals surface area contributed by atoms with Crippen LogP contribution in [0.5, 0.6) is 0 Å². The monoisotopic (exact) mass is 241 g/mol. The molecule has 0 spiro atoms. The number of hydrogen-bond donors (Lipinski definition) is 2. The minimum atomic E-state index is -0.460. The van der Waals surface area contributed by atoms with E-state index in [1.807, 2.05) is 0 Å². The molecule has 0 unspecified atom stereocenters. The van der Waals surface area contributed by atoms with Crippen LogP contribution in [0.3, 0.4) is 0 Å². The number of aliphatic hydroxyl groups excluding tert-OH is 1. The summed E-state index contributed by atoms with van der Waals surface area (Å²) in [5.74, 6) is -0.321. The van der Waals surface area contributed by atoms with Gasteiger partial charge >= 0.3 is 0 Å². The van der Waals surface area contributed by atoms with Crippen molar-refractivity contribution in [3.8, 4) is 0 Å². The summed E-state index contributed by atoms with van der Waals surface area (Å²) in [6, 6.07) is 3.02. The summed E-state index contributed by atoms with van der Waals surface area (Å²) in [4.78, 5) is 11.8. The molecular formula is C10H12ClN3O2. The van der Waals surface area contributed by atoms with Crippen LogP contribution in [0.4, 0.5) is 0 Å². The average molecular weight is 242 g/mol. The second-order valence-electron chi connectivity index (χ2n) is 3.99. The molecule has 86 valence electrons. The number of halogens is 1. The first kappa shape index (κ1) is 11.3. The van der Waals surface area contributed by atoms with Gasteiger partial charge in [-0.25, -0.2) is 0 Å². The summed E-state index contributed by atoms with van der Waals surface area (Å²) in [5, 5.41) is 19.5. The molecule has 1 aliphatic rings. The highest BCUT2D eigenvalue weighted by atomic mass is 35.5. The molecule has 2 N–H and O–H groups in total. The van der Waals surface area contributed by atoms with Crippen molar-refractivity contribution in [2.45, 2.75) is 24.8 Å². The van der Waals surface area contributed by atoms with Crippen molar-refractivity contribution in [1.29, 1.82) is 0 Å². The van der Waals surface area contributed by atoms with Crippen LogP contribution >= 0.6 is 11.6 Å². The van der Waals surface area contributed by atoms with Crippen molar-refractivity contribution in [2.75, 3.05) is 6.61 Å². The second kappa shape index (κ2) is 4.35. The quantitative estimate of drug-likeness (QED) is 0.820. The van der Waals surface area contributed by atoms with Crippen LogP contribution in [0.2, 0.25) is 5.15 Å². The van der Waals surface area contributed by atoms with Crippen LogP contribution in [-0.4, -0.2) is 33.4 Å². The van der Waals surface area contributed by atoms with Gasteiger partial charge in [0.2, 0.25) is 0 Å². The smallest absolute Gasteiger partial charge is 0.272 e. The zero-order valence-electron chi connectivity index (χ0n) is 8.61. The van der Waals surface area contributed by atoms with Gasteiger partial charge in [-0.3, -0.25) is 4.79 Å². The molecule has 1 aromatic heterocycles. The van der Waals surface area contributed by atoms with Crippen LogP contribution in [0, 0.1) is 0 Å². The summed E-state index contributed by atoms with van der Waals surface area (Å²) < 4.78 is 0. The Bertz CT molecular complexity index is 384. The Balaban J connectivity index is 2.05. The van der Waals surface area contributed by atoms with Gasteiger partial charge in [0.15, 0.2) is 10.8 Å². The lowest BCUT2D eigenvalue weighted by atomic mass is 9.77. The van der Waals surface area contributed by atoms with E-state index in [1.165, 1.54) is 12.1 Å². The van der Waals surface area contributed by atoms with Gasteiger partial charge in [0.1, 0.15) is 0 Å². The fraction of sp³-hybridized carbons (Fsp3) is 0.500. The molecule has 1 aliphatic carbocycles. The first-order valence-electron chi connectivity index (χ1n) is 5.08. The SMILES string of the molecule is O=C(NC1(CO)CCC1)c1ccc(Cl)nn1. The Labute approximate surface area is 97.8 Å². The lowest BCUT2D eigenvalue weighted by Crippen LogP contribution is -2.56. The Hall–Kier alpha value is -1.20. The molecule has 0 bridgehead atoms. The van der Waals surface area contributed by atoms with Crippen molar-refractivity contribution in [1.82, 2.24) is 15.5 Å². The van der Waals surface area contributed by atoms with Crippen LogP contribution in [0.1, 0.15) is 29.8 Å². The van der Waals surface area contributed by atoms with Gasteiger partial charge in [0, 0.05) is 0 Å². The van der Waals surface area contributed by atoms with E-state index >= 15 is 0 Å². The van der Waals surface area contributed by atoms with Crippen molar-refractivity contribution in [3.05, 3.63) is 23.0 Å². The predicted molar refractivity (Wildman–Crippen MR) is 58.2 cm³/mol. The topological polar surface area (TPSA) is 75.1 Å². The normalized spacial score (nSPS) is 17.6. The largest absolute Gasteiger partial charge is 0.394 e. The zero-order valence-corrected chi connectivity index (χ0v) is 9.37. The number of rotatable bonds is 3. The maximum absolute atomic E-state index is 11.8. The van der Waals surface area contributed by atoms with E-state index in [2.05, 4.69) is 15.5 Å². The average Bonchev–Trinajstić information content (AvgIpc) is 2.24. The van der Waals surface area contributed by atoms with E-state index < -0.39 is 5.54 Å². The summed E-state index contributed by atoms with van der Waals surface area (Å²) in [5.41, 5.74) is -0.248. The minimum absolute atomic E-state index is 0.0419. The van der Waals surface area contributed by atoms with Gasteiger partial charge in [-0.15, -0.1) is 10.2 Å². The van der Waals surface area contributed by atoms with E-state index in [1.54, 1.807) is 0 Å². The van der Waals surface area contributed by atoms with E-state index in [0.717, 1.165) is 19.3 Å². The standard InChI is InChI=1S/C10H12ClN3O2/c11-8-3-2-7(13-14-8)9(16)12-10(6-15)4-1-5-10/h2-3,15H,1,4-6H2,(H,12,16). The Kier molecular flexibility index (Phi) is 3.07. The Morgan fingerprint density at radius 1 is 1.50 bits per heavy atom. The number of nitrogens with one attached hydrogen (secondary N) is 1. The van der Waals surface area contributed by atoms with E-state index in [0.29, 0.717) is 0 Å². The summed E-state index contributed by atoms with van der Waals surface area (Å²) in [6.45, 7) is -0.0419. The third-order valence-corrected chi connectivity index (χ3v) is 3.06. The van der Waals surface area contributed by atoms with E-state index in [-0.39, 0.29) is 23.4 Å². The fourth-order valence-corrected chi connectivity index (χ4v) is 1.77. The molecule has 16 heavy (non-hydrogen) atoms. The van der Waals surface area contributed by atoms with Crippen LogP contribution < -0.4 is 5.32 Å². The lowest BCUT2D eigenvalue weighted by molar-refractivity contribution is 0.0637. The van der Waals surface area contributed by atoms with Crippen LogP contribution in [0.15, 0.2) is 12.1 Å². The molecule has 2 rings (SSSR count). The first-order chi connectivity index (χ1) is 7.65. The number of aromatic nitrogens is 2. The van der Waals surface area contributed by atoms with Gasteiger partial charge in [0.05, 0.1) is 12.1 Å². The summed E-state index contributed by atoms with van der Waals surface area (Å²) >= 11 is 5.57. The Morgan fingerprint density at radius 3 is 2.69 bits per heavy atom. The molecule has 0 radical (unpaired) electrons. The summed E-state index contributed by atoms with van der Waals surface area (Å²) in [6.07, 6.45) is 2.62. The van der Waals surface area contributed by atoms with Crippen LogP contribution in [0.25, 0.3) is 0 Å². The van der Waals surface area contributed by atoms with E-state index in [9.17, 15) is 9.90 Å². The molecule has 5 nitrogen and oxygen atoms in total. The van der Waals surface area contributed by atoms with Gasteiger partial charge in [-0.2, -0.15) is 0 Å². The molecule has 0 aromatic carbocycles. The highest BCUT2D eigenvalue weighted by molar-refractivity contribution is 6.29. The molecule has 6 heteroatoms. The molecule has 1 heterocycles. The number of carbonyl (C=O) groups is 1. The molecule has 0 aliphatic heterocycles. The van der Waals surface area contributed by atoms with E-state index in [4.69, 9.17) is 11.6 Å². The fourth-order valence-electron chi connectivity index (χ4n) is 1.67. The molecule has 0 atom stereocenters. The van der Waals surface area contributed by atoms with Gasteiger partial charge < -0.3 is 10.4 Å². The van der Waals surface area contributed by atoms with Crippen LogP contribution in [-0.2, 0) is 0 Å². The summed E-state index contributed by atoms with van der Waals surface area (Å²) in [7, 11) is 0. The number of aliphatic hydroxyl groups is 1. The predicted octanol–water partition coefficient (Wildman–Crippen LogP) is 0.775. The number of amides is 1. The lowest BCUT2D eigenvalue weighted by Gasteiger charge is -2.40. The maximum Gasteiger partial charge on any atom is 0.272 e. The maximum atomic E-state index is 11.8. The number of carbonyl (C=O) groups excluding carboxylic acids is 1. The van der Waals surface area contributed by atoms with Crippen molar-refractivity contribution >= 4 is 17.5 Å². The molecule has 1 fully saturated rings. The van der Waals surface area contributed by atoms with Gasteiger partial charge in [-0.05, 0) is 31.4 Å². The molecule has 1 saturated carbocycles. The van der Waals surface area contributed by atoms with Crippen molar-refractivity contribution in [2.24, 2.45) is 0 Å². The second-order valence-corrected chi connectivity index (χ2v) is 4.37. The number of nitrogens with zero attached hydrogens (tertiary/aromatic N) is 2. The Morgan fingerprint density at radius 2 is 2.25 bits per heavy atom.